The van der Waals surface area contributed by atoms with Crippen LogP contribution in [0.4, 0.5) is 22.7 Å². The van der Waals surface area contributed by atoms with E-state index in [0.717, 1.165) is 0 Å². The maximum absolute atomic E-state index is 13.7. The van der Waals surface area contributed by atoms with Gasteiger partial charge >= 0.3 is 0 Å². The molecule has 1 fully saturated rings. The summed E-state index contributed by atoms with van der Waals surface area (Å²) in [6, 6.07) is 16.1. The van der Waals surface area contributed by atoms with E-state index in [0.29, 0.717) is 60.3 Å². The van der Waals surface area contributed by atoms with Crippen molar-refractivity contribution in [3.63, 3.8) is 0 Å². The Morgan fingerprint density at radius 2 is 1.76 bits per heavy atom. The topological polar surface area (TPSA) is 165 Å². The van der Waals surface area contributed by atoms with Crippen LogP contribution in [0.5, 0.6) is 5.75 Å². The van der Waals surface area contributed by atoms with Gasteiger partial charge in [0.15, 0.2) is 5.69 Å². The molecule has 2 amide bonds. The van der Waals surface area contributed by atoms with Crippen molar-refractivity contribution in [1.29, 1.82) is 0 Å². The maximum Gasteiger partial charge on any atom is 0.294 e. The number of aryl methyl sites for hydroxylation is 1. The standard InChI is InChI=1S/C29H29ClN8O6S/c1-35-27(26(32-34-35)20-6-4-5-7-25(20)44-2)29(40)37-14-12-36(13-15-37)23-17-22(24(38(41)42)16-21(23)30)31-28(39)18-8-10-19(11-9-18)33-45(3)43/h4-11,16-17,33H,12-15H2,1-3H3,(H,31,39). The van der Waals surface area contributed by atoms with Crippen molar-refractivity contribution in [1.82, 2.24) is 19.9 Å². The molecule has 2 heterocycles. The first-order chi connectivity index (χ1) is 21.6. The van der Waals surface area contributed by atoms with E-state index >= 15 is 0 Å². The number of nitro groups is 1. The molecule has 0 radical (unpaired) electrons. The average Bonchev–Trinajstić information content (AvgIpc) is 3.42. The Hall–Kier alpha value is -5.02. The van der Waals surface area contributed by atoms with Gasteiger partial charge in [0.05, 0.1) is 22.7 Å². The number of aromatic nitrogens is 3. The second-order valence-corrected chi connectivity index (χ2v) is 11.6. The summed E-state index contributed by atoms with van der Waals surface area (Å²) in [6.07, 6.45) is 1.48. The fourth-order valence-corrected chi connectivity index (χ4v) is 5.76. The molecule has 1 aliphatic heterocycles. The number of nitrogens with zero attached hydrogens (tertiary/aromatic N) is 6. The number of rotatable bonds is 9. The van der Waals surface area contributed by atoms with Crippen molar-refractivity contribution in [2.45, 2.75) is 0 Å². The van der Waals surface area contributed by atoms with Crippen LogP contribution >= 0.6 is 11.6 Å². The molecule has 234 valence electrons. The van der Waals surface area contributed by atoms with Crippen molar-refractivity contribution in [3.05, 3.63) is 87.1 Å². The highest BCUT2D eigenvalue weighted by Crippen LogP contribution is 2.37. The highest BCUT2D eigenvalue weighted by molar-refractivity contribution is 7.85. The number of piperazine rings is 1. The first-order valence-corrected chi connectivity index (χ1v) is 15.6. The van der Waals surface area contributed by atoms with Gasteiger partial charge in [-0.1, -0.05) is 28.9 Å². The molecule has 2 N–H and O–H groups in total. The van der Waals surface area contributed by atoms with Gasteiger partial charge in [-0.15, -0.1) is 5.10 Å². The van der Waals surface area contributed by atoms with E-state index in [1.807, 2.05) is 23.1 Å². The first-order valence-electron chi connectivity index (χ1n) is 13.6. The second-order valence-electron chi connectivity index (χ2n) is 10.1. The zero-order valence-electron chi connectivity index (χ0n) is 24.5. The normalized spacial score (nSPS) is 13.7. The number of ether oxygens (including phenoxy) is 1. The van der Waals surface area contributed by atoms with Crippen LogP contribution in [0, 0.1) is 10.1 Å². The SMILES string of the molecule is COc1ccccc1-c1nnn(C)c1C(=O)N1CCN(c2cc(NC(=O)c3ccc(NS(C)=O)cc3)c([N+](=O)[O-])cc2Cl)CC1. The van der Waals surface area contributed by atoms with Gasteiger partial charge in [-0.3, -0.25) is 19.7 Å². The van der Waals surface area contributed by atoms with Crippen LogP contribution in [-0.4, -0.2) is 80.4 Å². The summed E-state index contributed by atoms with van der Waals surface area (Å²) in [6.45, 7) is 1.40. The number of nitrogens with one attached hydrogen (secondary N) is 2. The van der Waals surface area contributed by atoms with Crippen molar-refractivity contribution < 1.29 is 23.5 Å². The minimum Gasteiger partial charge on any atom is -0.496 e. The van der Waals surface area contributed by atoms with Gasteiger partial charge in [0.1, 0.15) is 28.1 Å². The Morgan fingerprint density at radius 1 is 1.07 bits per heavy atom. The predicted molar refractivity (Wildman–Crippen MR) is 171 cm³/mol. The van der Waals surface area contributed by atoms with Crippen molar-refractivity contribution in [3.8, 4) is 17.0 Å². The van der Waals surface area contributed by atoms with E-state index in [1.54, 1.807) is 37.3 Å². The lowest BCUT2D eigenvalue weighted by Gasteiger charge is -2.36. The molecule has 0 bridgehead atoms. The largest absolute Gasteiger partial charge is 0.496 e. The third-order valence-electron chi connectivity index (χ3n) is 7.22. The number of para-hydroxylation sites is 1. The second kappa shape index (κ2) is 13.3. The summed E-state index contributed by atoms with van der Waals surface area (Å²) in [5, 5.41) is 22.9. The summed E-state index contributed by atoms with van der Waals surface area (Å²) in [4.78, 5) is 41.5. The van der Waals surface area contributed by atoms with Crippen molar-refractivity contribution >= 4 is 57.2 Å². The van der Waals surface area contributed by atoms with Gasteiger partial charge in [0, 0.05) is 62.4 Å². The molecule has 4 aromatic rings. The Bertz CT molecular complexity index is 1790. The summed E-state index contributed by atoms with van der Waals surface area (Å²) in [7, 11) is 1.92. The molecule has 0 aliphatic carbocycles. The Kier molecular flexibility index (Phi) is 9.29. The van der Waals surface area contributed by atoms with Crippen LogP contribution in [0.3, 0.4) is 0 Å². The number of hydrogen-bond donors (Lipinski definition) is 2. The zero-order valence-corrected chi connectivity index (χ0v) is 26.1. The molecule has 1 aromatic heterocycles. The number of hydrogen-bond acceptors (Lipinski definition) is 9. The smallest absolute Gasteiger partial charge is 0.294 e. The number of carbonyl (C=O) groups is 2. The molecule has 16 heteroatoms. The fraction of sp³-hybridized carbons (Fsp3) is 0.241. The molecule has 1 aliphatic rings. The fourth-order valence-electron chi connectivity index (χ4n) is 5.01. The zero-order chi connectivity index (χ0) is 32.2. The highest BCUT2D eigenvalue weighted by atomic mass is 35.5. The van der Waals surface area contributed by atoms with Gasteiger partial charge in [-0.05, 0) is 42.5 Å². The van der Waals surface area contributed by atoms with E-state index in [2.05, 4.69) is 20.4 Å². The van der Waals surface area contributed by atoms with Crippen molar-refractivity contribution in [2.24, 2.45) is 7.05 Å². The Morgan fingerprint density at radius 3 is 2.40 bits per heavy atom. The third-order valence-corrected chi connectivity index (χ3v) is 8.04. The van der Waals surface area contributed by atoms with Gasteiger partial charge in [-0.25, -0.2) is 8.89 Å². The molecular formula is C29H29ClN8O6S. The monoisotopic (exact) mass is 652 g/mol. The average molecular weight is 653 g/mol. The van der Waals surface area contributed by atoms with Gasteiger partial charge in [-0.2, -0.15) is 0 Å². The molecule has 1 saturated heterocycles. The van der Waals surface area contributed by atoms with E-state index in [9.17, 15) is 23.9 Å². The van der Waals surface area contributed by atoms with Gasteiger partial charge in [0.25, 0.3) is 17.5 Å². The number of carbonyl (C=O) groups excluding carboxylic acids is 2. The third kappa shape index (κ3) is 6.73. The minimum atomic E-state index is -1.28. The van der Waals surface area contributed by atoms with Gasteiger partial charge < -0.3 is 24.6 Å². The molecule has 14 nitrogen and oxygen atoms in total. The number of methoxy groups -OCH3 is 1. The minimum absolute atomic E-state index is 0.0258. The van der Waals surface area contributed by atoms with Crippen LogP contribution in [0.15, 0.2) is 60.7 Å². The molecule has 1 unspecified atom stereocenters. The summed E-state index contributed by atoms with van der Waals surface area (Å²) in [5.41, 5.74) is 2.27. The van der Waals surface area contributed by atoms with Crippen molar-refractivity contribution in [2.75, 3.05) is 54.5 Å². The Labute approximate surface area is 265 Å². The number of benzene rings is 3. The number of amides is 2. The van der Waals surface area contributed by atoms with E-state index in [4.69, 9.17) is 16.3 Å². The van der Waals surface area contributed by atoms with Gasteiger partial charge in [0.2, 0.25) is 0 Å². The lowest BCUT2D eigenvalue weighted by atomic mass is 10.1. The molecule has 45 heavy (non-hydrogen) atoms. The lowest BCUT2D eigenvalue weighted by Crippen LogP contribution is -2.49. The lowest BCUT2D eigenvalue weighted by molar-refractivity contribution is -0.383. The van der Waals surface area contributed by atoms with Crippen LogP contribution in [0.2, 0.25) is 5.02 Å². The Balaban J connectivity index is 1.33. The first kappa shape index (κ1) is 31.4. The summed E-state index contributed by atoms with van der Waals surface area (Å²) < 4.78 is 21.0. The summed E-state index contributed by atoms with van der Waals surface area (Å²) in [5.74, 6) is -0.255. The van der Waals surface area contributed by atoms with E-state index in [1.165, 1.54) is 35.2 Å². The molecule has 0 spiro atoms. The molecule has 1 atom stereocenters. The number of nitro benzene ring substituents is 1. The summed E-state index contributed by atoms with van der Waals surface area (Å²) >= 11 is 6.51. The van der Waals surface area contributed by atoms with Crippen LogP contribution in [0.1, 0.15) is 20.8 Å². The molecule has 0 saturated carbocycles. The van der Waals surface area contributed by atoms with E-state index in [-0.39, 0.29) is 27.9 Å². The molecular weight excluding hydrogens is 624 g/mol. The number of anilines is 3. The highest BCUT2D eigenvalue weighted by Gasteiger charge is 2.30. The quantitative estimate of drug-likeness (QED) is 0.201. The van der Waals surface area contributed by atoms with E-state index < -0.39 is 21.8 Å². The van der Waals surface area contributed by atoms with Crippen LogP contribution < -0.4 is 19.7 Å². The molecule has 5 rings (SSSR count). The van der Waals surface area contributed by atoms with Crippen LogP contribution in [-0.2, 0) is 18.0 Å². The van der Waals surface area contributed by atoms with Crippen LogP contribution in [0.25, 0.3) is 11.3 Å². The molecule has 3 aromatic carbocycles. The number of halogens is 1. The maximum atomic E-state index is 13.7. The predicted octanol–water partition coefficient (Wildman–Crippen LogP) is 3.97.